The van der Waals surface area contributed by atoms with Crippen molar-refractivity contribution in [2.24, 2.45) is 0 Å². The molecule has 0 saturated carbocycles. The number of hydrogen-bond acceptors (Lipinski definition) is 4. The first-order valence-electron chi connectivity index (χ1n) is 7.43. The van der Waals surface area contributed by atoms with E-state index in [9.17, 15) is 14.0 Å². The van der Waals surface area contributed by atoms with Gasteiger partial charge in [0.2, 0.25) is 11.8 Å². The minimum atomic E-state index is -0.819. The molecular weight excluding hydrogens is 384 g/mol. The van der Waals surface area contributed by atoms with Crippen molar-refractivity contribution in [3.05, 3.63) is 68.4 Å². The molecule has 0 atom stereocenters. The van der Waals surface area contributed by atoms with Gasteiger partial charge in [-0.1, -0.05) is 29.3 Å². The van der Waals surface area contributed by atoms with Crippen molar-refractivity contribution in [3.8, 4) is 11.5 Å². The second kappa shape index (κ2) is 7.31. The molecule has 0 bridgehead atoms. The molecule has 1 aromatic heterocycles. The minimum absolute atomic E-state index is 0.0191. The second-order valence-electron chi connectivity index (χ2n) is 5.44. The van der Waals surface area contributed by atoms with Gasteiger partial charge in [-0.3, -0.25) is 4.79 Å². The predicted octanol–water partition coefficient (Wildman–Crippen LogP) is 3.90. The topological polar surface area (TPSA) is 77.1 Å². The van der Waals surface area contributed by atoms with Gasteiger partial charge in [0.25, 0.3) is 0 Å². The van der Waals surface area contributed by atoms with Crippen molar-refractivity contribution < 1.29 is 13.6 Å². The smallest absolute Gasteiger partial charge is 0.388 e. The number of hydrogen-bond donors (Lipinski definition) is 1. The molecule has 0 saturated heterocycles. The highest BCUT2D eigenvalue weighted by Crippen LogP contribution is 2.32. The maximum absolute atomic E-state index is 13.0. The number of halogens is 3. The Morgan fingerprint density at radius 2 is 1.92 bits per heavy atom. The average molecular weight is 396 g/mol. The molecule has 0 fully saturated rings. The summed E-state index contributed by atoms with van der Waals surface area (Å²) in [7, 11) is 0. The lowest BCUT2D eigenvalue weighted by molar-refractivity contribution is -0.117. The van der Waals surface area contributed by atoms with Crippen molar-refractivity contribution in [3.63, 3.8) is 0 Å². The highest BCUT2D eigenvalue weighted by Gasteiger charge is 2.16. The second-order valence-corrected chi connectivity index (χ2v) is 6.22. The van der Waals surface area contributed by atoms with Crippen LogP contribution in [0.1, 0.15) is 5.56 Å². The summed E-state index contributed by atoms with van der Waals surface area (Å²) in [5.41, 5.74) is 1.41. The van der Waals surface area contributed by atoms with Crippen molar-refractivity contribution in [2.75, 3.05) is 5.32 Å². The lowest BCUT2D eigenvalue weighted by atomic mass is 10.2. The molecule has 0 unspecified atom stereocenters. The predicted molar refractivity (Wildman–Crippen MR) is 96.0 cm³/mol. The van der Waals surface area contributed by atoms with E-state index in [1.165, 1.54) is 24.3 Å². The van der Waals surface area contributed by atoms with Crippen LogP contribution >= 0.6 is 23.2 Å². The molecule has 134 valence electrons. The van der Waals surface area contributed by atoms with E-state index >= 15 is 0 Å². The molecule has 0 spiro atoms. The van der Waals surface area contributed by atoms with Gasteiger partial charge < -0.3 is 9.73 Å². The molecule has 1 amide bonds. The molecule has 1 N–H and O–H groups in total. The van der Waals surface area contributed by atoms with Crippen LogP contribution in [0.2, 0.25) is 10.0 Å². The first-order chi connectivity index (χ1) is 12.3. The van der Waals surface area contributed by atoms with Gasteiger partial charge in [0.1, 0.15) is 12.4 Å². The summed E-state index contributed by atoms with van der Waals surface area (Å²) in [5.74, 6) is -1.82. The van der Waals surface area contributed by atoms with Crippen molar-refractivity contribution in [2.45, 2.75) is 13.5 Å². The van der Waals surface area contributed by atoms with Crippen LogP contribution in [0.15, 0.2) is 45.6 Å². The first kappa shape index (κ1) is 18.2. The number of amides is 1. The number of aromatic nitrogens is 2. The van der Waals surface area contributed by atoms with Crippen LogP contribution in [0.3, 0.4) is 0 Å². The molecule has 3 aromatic rings. The normalized spacial score (nSPS) is 10.8. The molecule has 0 aliphatic rings. The van der Waals surface area contributed by atoms with E-state index in [1.807, 2.05) is 0 Å². The zero-order valence-corrected chi connectivity index (χ0v) is 14.9. The molecule has 2 aromatic carbocycles. The Kier molecular flexibility index (Phi) is 5.11. The summed E-state index contributed by atoms with van der Waals surface area (Å²) in [5, 5.41) is 7.08. The fraction of sp³-hybridized carbons (Fsp3) is 0.118. The number of benzene rings is 2. The number of carbonyl (C=O) groups excluding carboxylic acids is 1. The van der Waals surface area contributed by atoms with Gasteiger partial charge in [-0.05, 0) is 42.8 Å². The lowest BCUT2D eigenvalue weighted by Crippen LogP contribution is -2.26. The van der Waals surface area contributed by atoms with Gasteiger partial charge in [-0.2, -0.15) is 4.68 Å². The van der Waals surface area contributed by atoms with E-state index in [-0.39, 0.29) is 16.6 Å². The summed E-state index contributed by atoms with van der Waals surface area (Å²) in [6, 6.07) is 8.57. The van der Waals surface area contributed by atoms with E-state index in [1.54, 1.807) is 19.1 Å². The lowest BCUT2D eigenvalue weighted by Gasteiger charge is -2.10. The van der Waals surface area contributed by atoms with Crippen LogP contribution in [0.5, 0.6) is 0 Å². The molecule has 3 rings (SSSR count). The monoisotopic (exact) mass is 395 g/mol. The van der Waals surface area contributed by atoms with E-state index in [0.29, 0.717) is 10.6 Å². The fourth-order valence-corrected chi connectivity index (χ4v) is 2.67. The van der Waals surface area contributed by atoms with E-state index in [2.05, 4.69) is 10.4 Å². The Morgan fingerprint density at radius 1 is 1.23 bits per heavy atom. The molecule has 6 nitrogen and oxygen atoms in total. The van der Waals surface area contributed by atoms with E-state index < -0.39 is 24.0 Å². The Morgan fingerprint density at radius 3 is 2.62 bits per heavy atom. The number of nitrogens with zero attached hydrogens (tertiary/aromatic N) is 2. The van der Waals surface area contributed by atoms with Crippen LogP contribution in [-0.4, -0.2) is 15.7 Å². The fourth-order valence-electron chi connectivity index (χ4n) is 2.20. The van der Waals surface area contributed by atoms with Crippen molar-refractivity contribution in [1.82, 2.24) is 9.78 Å². The van der Waals surface area contributed by atoms with Crippen LogP contribution < -0.4 is 11.1 Å². The molecule has 1 heterocycles. The maximum Gasteiger partial charge on any atom is 0.437 e. The standard InChI is InChI=1S/C17H12Cl2FN3O3/c1-9-2-7-12(18)15(14(9)19)21-13(24)8-23-17(25)26-16(22-23)10-3-5-11(20)6-4-10/h2-7H,8H2,1H3,(H,21,24). The third-order valence-electron chi connectivity index (χ3n) is 3.54. The van der Waals surface area contributed by atoms with Gasteiger partial charge in [0.05, 0.1) is 15.7 Å². The summed E-state index contributed by atoms with van der Waals surface area (Å²) < 4.78 is 18.8. The zero-order chi connectivity index (χ0) is 18.8. The van der Waals surface area contributed by atoms with E-state index in [0.717, 1.165) is 10.2 Å². The molecule has 0 radical (unpaired) electrons. The van der Waals surface area contributed by atoms with Gasteiger partial charge in [0.15, 0.2) is 0 Å². The van der Waals surface area contributed by atoms with Gasteiger partial charge in [-0.15, -0.1) is 5.10 Å². The largest absolute Gasteiger partial charge is 0.437 e. The number of anilines is 1. The SMILES string of the molecule is Cc1ccc(Cl)c(NC(=O)Cn2nc(-c3ccc(F)cc3)oc2=O)c1Cl. The zero-order valence-electron chi connectivity index (χ0n) is 13.4. The Balaban J connectivity index is 1.79. The number of nitrogens with one attached hydrogen (secondary N) is 1. The number of carbonyl (C=O) groups is 1. The van der Waals surface area contributed by atoms with Gasteiger partial charge in [-0.25, -0.2) is 9.18 Å². The third-order valence-corrected chi connectivity index (χ3v) is 4.34. The highest BCUT2D eigenvalue weighted by atomic mass is 35.5. The maximum atomic E-state index is 13.0. The number of rotatable bonds is 4. The summed E-state index contributed by atoms with van der Waals surface area (Å²) in [6.45, 7) is 1.37. The molecule has 26 heavy (non-hydrogen) atoms. The minimum Gasteiger partial charge on any atom is -0.388 e. The molecule has 0 aliphatic heterocycles. The summed E-state index contributed by atoms with van der Waals surface area (Å²) >= 11 is 12.2. The van der Waals surface area contributed by atoms with Crippen molar-refractivity contribution >= 4 is 34.8 Å². The molecule has 9 heteroatoms. The highest BCUT2D eigenvalue weighted by molar-refractivity contribution is 6.40. The van der Waals surface area contributed by atoms with Crippen LogP contribution in [0, 0.1) is 12.7 Å². The molecular formula is C17H12Cl2FN3O3. The van der Waals surface area contributed by atoms with Crippen LogP contribution in [0.25, 0.3) is 11.5 Å². The Labute approximate surface area is 157 Å². The molecule has 0 aliphatic carbocycles. The van der Waals surface area contributed by atoms with E-state index in [4.69, 9.17) is 27.6 Å². The van der Waals surface area contributed by atoms with Crippen LogP contribution in [0.4, 0.5) is 10.1 Å². The van der Waals surface area contributed by atoms with Gasteiger partial charge in [0, 0.05) is 5.56 Å². The third kappa shape index (κ3) is 3.79. The summed E-state index contributed by atoms with van der Waals surface area (Å²) in [6.07, 6.45) is 0. The quantitative estimate of drug-likeness (QED) is 0.726. The first-order valence-corrected chi connectivity index (χ1v) is 8.19. The number of aryl methyl sites for hydroxylation is 1. The average Bonchev–Trinajstić information content (AvgIpc) is 2.96. The Hall–Kier alpha value is -2.64. The van der Waals surface area contributed by atoms with Crippen LogP contribution in [-0.2, 0) is 11.3 Å². The van der Waals surface area contributed by atoms with Crippen molar-refractivity contribution in [1.29, 1.82) is 0 Å². The Bertz CT molecular complexity index is 1030. The van der Waals surface area contributed by atoms with Gasteiger partial charge >= 0.3 is 5.76 Å². The summed E-state index contributed by atoms with van der Waals surface area (Å²) in [4.78, 5) is 24.1.